The van der Waals surface area contributed by atoms with Crippen LogP contribution in [-0.2, 0) is 6.42 Å². The van der Waals surface area contributed by atoms with E-state index in [9.17, 15) is 9.90 Å². The molecule has 5 heteroatoms. The van der Waals surface area contributed by atoms with Gasteiger partial charge in [-0.15, -0.1) is 4.57 Å². The molecule has 0 saturated heterocycles. The van der Waals surface area contributed by atoms with E-state index in [-0.39, 0.29) is 17.0 Å². The van der Waals surface area contributed by atoms with E-state index in [2.05, 4.69) is 4.98 Å². The normalized spacial score (nSPS) is 10.8. The van der Waals surface area contributed by atoms with Crippen molar-refractivity contribution in [2.24, 2.45) is 0 Å². The quantitative estimate of drug-likeness (QED) is 0.639. The maximum atomic E-state index is 12.5. The predicted octanol–water partition coefficient (Wildman–Crippen LogP) is 0.607. The first-order chi connectivity index (χ1) is 9.74. The minimum Gasteiger partial charge on any atom is -0.842 e. The van der Waals surface area contributed by atoms with Crippen molar-refractivity contribution in [1.82, 2.24) is 9.55 Å². The summed E-state index contributed by atoms with van der Waals surface area (Å²) in [6, 6.07) is 10.6. The van der Waals surface area contributed by atoms with Crippen molar-refractivity contribution in [3.05, 3.63) is 64.7 Å². The average molecular weight is 267 g/mol. The number of fused-ring (bicyclic) bond motifs is 1. The second kappa shape index (κ2) is 4.77. The molecule has 0 fully saturated rings. The first-order valence-electron chi connectivity index (χ1n) is 6.40. The van der Waals surface area contributed by atoms with Crippen LogP contribution in [0.15, 0.2) is 53.6 Å². The Morgan fingerprint density at radius 2 is 2.05 bits per heavy atom. The lowest BCUT2D eigenvalue weighted by molar-refractivity contribution is -0.588. The Morgan fingerprint density at radius 1 is 1.25 bits per heavy atom. The van der Waals surface area contributed by atoms with Gasteiger partial charge in [-0.2, -0.15) is 0 Å². The van der Waals surface area contributed by atoms with Gasteiger partial charge in [0.25, 0.3) is 5.65 Å². The Kier molecular flexibility index (Phi) is 2.95. The lowest BCUT2D eigenvalue weighted by atomic mass is 10.2. The summed E-state index contributed by atoms with van der Waals surface area (Å²) in [5, 5.41) is 12.3. The summed E-state index contributed by atoms with van der Waals surface area (Å²) < 4.78 is 2.95. The van der Waals surface area contributed by atoms with Crippen LogP contribution in [0, 0.1) is 0 Å². The van der Waals surface area contributed by atoms with Gasteiger partial charge in [-0.25, -0.2) is 14.2 Å². The highest BCUT2D eigenvalue weighted by Gasteiger charge is 2.19. The van der Waals surface area contributed by atoms with Crippen LogP contribution >= 0.6 is 0 Å². The molecular weight excluding hydrogens is 254 g/mol. The molecule has 0 bridgehead atoms. The summed E-state index contributed by atoms with van der Waals surface area (Å²) in [7, 11) is 0. The van der Waals surface area contributed by atoms with Gasteiger partial charge in [-0.1, -0.05) is 19.1 Å². The standard InChI is InChI=1S/C15H13N3O2/c1-2-11-14(19)17-10-6-4-8-13(17)18(15(11)20)12-7-3-5-9-16-12/h3-10H,2H2,1H3. The molecule has 100 valence electrons. The van der Waals surface area contributed by atoms with Crippen molar-refractivity contribution in [3.63, 3.8) is 0 Å². The highest BCUT2D eigenvalue weighted by atomic mass is 16.3. The van der Waals surface area contributed by atoms with Gasteiger partial charge >= 0.3 is 5.56 Å². The summed E-state index contributed by atoms with van der Waals surface area (Å²) in [5.41, 5.74) is 0.472. The number of aromatic nitrogens is 3. The summed E-state index contributed by atoms with van der Waals surface area (Å²) in [6.07, 6.45) is 3.68. The van der Waals surface area contributed by atoms with Crippen LogP contribution in [0.4, 0.5) is 0 Å². The Balaban J connectivity index is 2.51. The van der Waals surface area contributed by atoms with Gasteiger partial charge in [0.1, 0.15) is 0 Å². The zero-order valence-corrected chi connectivity index (χ0v) is 11.0. The molecule has 0 aromatic carbocycles. The fraction of sp³-hybridized carbons (Fsp3) is 0.133. The molecule has 0 radical (unpaired) electrons. The minimum absolute atomic E-state index is 0.263. The van der Waals surface area contributed by atoms with Gasteiger partial charge < -0.3 is 5.11 Å². The molecule has 3 heterocycles. The van der Waals surface area contributed by atoms with Crippen LogP contribution in [0.1, 0.15) is 12.5 Å². The van der Waals surface area contributed by atoms with Crippen molar-refractivity contribution in [2.45, 2.75) is 13.3 Å². The first kappa shape index (κ1) is 12.3. The van der Waals surface area contributed by atoms with E-state index in [1.165, 1.54) is 8.97 Å². The molecule has 0 atom stereocenters. The molecule has 0 N–H and O–H groups in total. The number of rotatable bonds is 2. The molecule has 3 aromatic rings. The molecule has 3 rings (SSSR count). The van der Waals surface area contributed by atoms with Crippen molar-refractivity contribution >= 4 is 5.65 Å². The van der Waals surface area contributed by atoms with Crippen molar-refractivity contribution in [2.75, 3.05) is 0 Å². The van der Waals surface area contributed by atoms with Gasteiger partial charge in [-0.3, -0.25) is 0 Å². The van der Waals surface area contributed by atoms with Crippen LogP contribution in [0.5, 0.6) is 5.88 Å². The smallest absolute Gasteiger partial charge is 0.346 e. The Hall–Kier alpha value is -2.69. The third-order valence-electron chi connectivity index (χ3n) is 3.24. The van der Waals surface area contributed by atoms with Gasteiger partial charge in [0.2, 0.25) is 5.82 Å². The van der Waals surface area contributed by atoms with E-state index in [1.807, 2.05) is 6.07 Å². The highest BCUT2D eigenvalue weighted by Crippen LogP contribution is 2.10. The molecule has 0 saturated carbocycles. The van der Waals surface area contributed by atoms with E-state index in [4.69, 9.17) is 0 Å². The number of nitrogens with zero attached hydrogens (tertiary/aromatic N) is 3. The first-order valence-corrected chi connectivity index (χ1v) is 6.40. The van der Waals surface area contributed by atoms with E-state index in [0.29, 0.717) is 17.9 Å². The second-order valence-electron chi connectivity index (χ2n) is 4.39. The molecule has 0 aliphatic heterocycles. The molecule has 0 amide bonds. The monoisotopic (exact) mass is 267 g/mol. The fourth-order valence-electron chi connectivity index (χ4n) is 2.27. The van der Waals surface area contributed by atoms with E-state index >= 15 is 0 Å². The zero-order valence-electron chi connectivity index (χ0n) is 11.0. The average Bonchev–Trinajstić information content (AvgIpc) is 2.49. The molecule has 3 aromatic heterocycles. The van der Waals surface area contributed by atoms with Crippen LogP contribution < -0.4 is 15.1 Å². The van der Waals surface area contributed by atoms with Gasteiger partial charge in [0.15, 0.2) is 0 Å². The summed E-state index contributed by atoms with van der Waals surface area (Å²) in [5.74, 6) is 0.246. The number of hydrogen-bond acceptors (Lipinski definition) is 3. The van der Waals surface area contributed by atoms with Gasteiger partial charge in [-0.05, 0) is 18.6 Å². The van der Waals surface area contributed by atoms with Crippen LogP contribution in [0.25, 0.3) is 11.5 Å². The lowest BCUT2D eigenvalue weighted by Gasteiger charge is -2.12. The summed E-state index contributed by atoms with van der Waals surface area (Å²) in [6.45, 7) is 1.80. The molecule has 20 heavy (non-hydrogen) atoms. The third kappa shape index (κ3) is 1.75. The Bertz CT molecular complexity index is 826. The maximum Gasteiger partial charge on any atom is 0.346 e. The SMILES string of the molecule is CCc1c([O-])[n+]2ccccc2n(-c2ccccn2)c1=O. The van der Waals surface area contributed by atoms with Crippen molar-refractivity contribution < 1.29 is 9.51 Å². The van der Waals surface area contributed by atoms with Crippen LogP contribution in [0.3, 0.4) is 0 Å². The Morgan fingerprint density at radius 3 is 2.75 bits per heavy atom. The largest absolute Gasteiger partial charge is 0.842 e. The number of hydrogen-bond donors (Lipinski definition) is 0. The van der Waals surface area contributed by atoms with E-state index < -0.39 is 0 Å². The zero-order chi connectivity index (χ0) is 14.1. The second-order valence-corrected chi connectivity index (χ2v) is 4.39. The third-order valence-corrected chi connectivity index (χ3v) is 3.24. The predicted molar refractivity (Wildman–Crippen MR) is 71.8 cm³/mol. The molecule has 0 unspecified atom stereocenters. The molecule has 0 spiro atoms. The maximum absolute atomic E-state index is 12.5. The summed E-state index contributed by atoms with van der Waals surface area (Å²) >= 11 is 0. The van der Waals surface area contributed by atoms with Crippen molar-refractivity contribution in [3.8, 4) is 11.7 Å². The fourth-order valence-corrected chi connectivity index (χ4v) is 2.27. The molecule has 0 aliphatic rings. The van der Waals surface area contributed by atoms with Crippen LogP contribution in [0.2, 0.25) is 0 Å². The van der Waals surface area contributed by atoms with Gasteiger partial charge in [0.05, 0.1) is 17.6 Å². The van der Waals surface area contributed by atoms with Crippen LogP contribution in [-0.4, -0.2) is 9.55 Å². The Labute approximate surface area is 115 Å². The molecular formula is C15H13N3O2. The highest BCUT2D eigenvalue weighted by molar-refractivity contribution is 5.42. The lowest BCUT2D eigenvalue weighted by Crippen LogP contribution is -2.39. The number of pyridine rings is 2. The molecule has 0 aliphatic carbocycles. The molecule has 5 nitrogen and oxygen atoms in total. The van der Waals surface area contributed by atoms with E-state index in [1.54, 1.807) is 49.6 Å². The van der Waals surface area contributed by atoms with Gasteiger partial charge in [0, 0.05) is 18.3 Å². The van der Waals surface area contributed by atoms with Crippen molar-refractivity contribution in [1.29, 1.82) is 0 Å². The topological polar surface area (TPSA) is 62.0 Å². The minimum atomic E-state index is -0.303. The summed E-state index contributed by atoms with van der Waals surface area (Å²) in [4.78, 5) is 16.8. The van der Waals surface area contributed by atoms with E-state index in [0.717, 1.165) is 0 Å².